The molecular weight excluding hydrogens is 995 g/mol. The van der Waals surface area contributed by atoms with Crippen molar-refractivity contribution >= 4 is 122 Å². The van der Waals surface area contributed by atoms with Gasteiger partial charge in [-0.15, -0.1) is 34.2 Å². The van der Waals surface area contributed by atoms with Gasteiger partial charge in [-0.05, 0) is 66.7 Å². The van der Waals surface area contributed by atoms with Crippen molar-refractivity contribution in [2.24, 2.45) is 30.7 Å². The molecule has 0 fully saturated rings. The first-order chi connectivity index (χ1) is 30.6. The van der Waals surface area contributed by atoms with Gasteiger partial charge in [0.15, 0.2) is 44.3 Å². The summed E-state index contributed by atoms with van der Waals surface area (Å²) in [5, 5.41) is 51.8. The van der Waals surface area contributed by atoms with Gasteiger partial charge >= 0.3 is 0 Å². The summed E-state index contributed by atoms with van der Waals surface area (Å²) in [6, 6.07) is 11.8. The molecule has 0 unspecified atom stereocenters. The van der Waals surface area contributed by atoms with Gasteiger partial charge in [0.2, 0.25) is 5.91 Å². The molecule has 65 heavy (non-hydrogen) atoms. The molecule has 0 saturated heterocycles. The van der Waals surface area contributed by atoms with Crippen molar-refractivity contribution in [3.8, 4) is 0 Å². The average molecular weight is 1030 g/mol. The Labute approximate surface area is 377 Å². The van der Waals surface area contributed by atoms with Crippen molar-refractivity contribution in [2.75, 3.05) is 48.1 Å². The van der Waals surface area contributed by atoms with Gasteiger partial charge < -0.3 is 16.4 Å². The molecule has 4 rings (SSSR count). The van der Waals surface area contributed by atoms with Gasteiger partial charge in [-0.2, -0.15) is 21.9 Å². The summed E-state index contributed by atoms with van der Waals surface area (Å²) >= 11 is 0.317. The first-order valence-corrected chi connectivity index (χ1v) is 24.6. The maximum Gasteiger partial charge on any atom is 0.296 e. The number of nitrogens with one attached hydrogen (secondary N) is 2. The van der Waals surface area contributed by atoms with Gasteiger partial charge in [-0.25, -0.2) is 27.4 Å². The lowest BCUT2D eigenvalue weighted by molar-refractivity contribution is -0.434. The minimum atomic E-state index is -5.12. The van der Waals surface area contributed by atoms with Crippen LogP contribution in [0.3, 0.4) is 0 Å². The predicted octanol–water partition coefficient (Wildman–Crippen LogP) is 6.56. The second-order valence-corrected chi connectivity index (χ2v) is 20.1. The van der Waals surface area contributed by atoms with Crippen LogP contribution in [-0.2, 0) is 71.8 Å². The van der Waals surface area contributed by atoms with E-state index in [0.29, 0.717) is 6.07 Å². The van der Waals surface area contributed by atoms with E-state index in [9.17, 15) is 47.6 Å². The monoisotopic (exact) mass is 1030 g/mol. The van der Waals surface area contributed by atoms with Crippen molar-refractivity contribution in [3.05, 3.63) is 66.7 Å². The standard InChI is InChI=1S/C31H33N9O19S6/c1-18(41)34-26-16-29(31(65(51,52)53)17-28(26)38-35-19-3-5-20(6-4-19)62(44,45)11-9-54-60-58-56-42)40-39-27-15-24(22(32)14-25(27)33-2)37-36-23-8-7-21(13-30(23)64(48,49)50)63(46,47)12-10-55-61-59-57-43/h3-8,13-17,33,42-43H,9-12,32H2,1-2H3,(H,34,41)(H,48,49,50)(H,51,52,53)/b37-36+,38-35+,40-39+. The summed E-state index contributed by atoms with van der Waals surface area (Å²) in [5.41, 5.74) is 4.47. The van der Waals surface area contributed by atoms with Crippen molar-refractivity contribution in [3.63, 3.8) is 0 Å². The number of sulfone groups is 2. The van der Waals surface area contributed by atoms with E-state index in [1.807, 2.05) is 0 Å². The molecule has 352 valence electrons. The van der Waals surface area contributed by atoms with Crippen LogP contribution >= 0.6 is 24.6 Å². The molecule has 1 amide bonds. The summed E-state index contributed by atoms with van der Waals surface area (Å²) < 4.78 is 138. The number of rotatable bonds is 24. The van der Waals surface area contributed by atoms with E-state index >= 15 is 0 Å². The number of amides is 1. The Morgan fingerprint density at radius 1 is 0.615 bits per heavy atom. The van der Waals surface area contributed by atoms with Crippen LogP contribution in [0.2, 0.25) is 0 Å². The quantitative estimate of drug-likeness (QED) is 0.00743. The highest BCUT2D eigenvalue weighted by Gasteiger charge is 2.24. The topological polar surface area (TPSA) is 414 Å². The van der Waals surface area contributed by atoms with Gasteiger partial charge in [0, 0.05) is 14.0 Å². The van der Waals surface area contributed by atoms with Crippen molar-refractivity contribution in [1.82, 2.24) is 0 Å². The fourth-order valence-corrected chi connectivity index (χ4v) is 9.05. The number of nitrogens with two attached hydrogens (primary N) is 1. The predicted molar refractivity (Wildman–Crippen MR) is 227 cm³/mol. The third-order valence-corrected chi connectivity index (χ3v) is 13.6. The van der Waals surface area contributed by atoms with Crippen LogP contribution in [0.4, 0.5) is 51.2 Å². The summed E-state index contributed by atoms with van der Waals surface area (Å²) in [6.45, 7) is 0.291. The summed E-state index contributed by atoms with van der Waals surface area (Å²) in [5.74, 6) is -1.83. The van der Waals surface area contributed by atoms with Crippen LogP contribution in [0, 0.1) is 0 Å². The maximum absolute atomic E-state index is 12.8. The van der Waals surface area contributed by atoms with Gasteiger partial charge in [0.05, 0.1) is 57.3 Å². The molecule has 0 atom stereocenters. The molecule has 34 heteroatoms. The number of hydrogen-bond acceptors (Lipinski definition) is 27. The molecule has 0 aliphatic rings. The van der Waals surface area contributed by atoms with Gasteiger partial charge in [0.1, 0.15) is 38.2 Å². The zero-order chi connectivity index (χ0) is 48.0. The molecule has 0 bridgehead atoms. The largest absolute Gasteiger partial charge is 0.397 e. The number of hydrogen-bond donors (Lipinski definition) is 7. The van der Waals surface area contributed by atoms with Crippen LogP contribution in [0.15, 0.2) is 117 Å². The second kappa shape index (κ2) is 23.3. The summed E-state index contributed by atoms with van der Waals surface area (Å²) in [4.78, 5) is 9.67. The zero-order valence-corrected chi connectivity index (χ0v) is 37.7. The summed E-state index contributed by atoms with van der Waals surface area (Å²) in [7, 11) is -16.8. The highest BCUT2D eigenvalue weighted by molar-refractivity contribution is 7.92. The van der Waals surface area contributed by atoms with Gasteiger partial charge in [-0.3, -0.25) is 22.3 Å². The van der Waals surface area contributed by atoms with Crippen LogP contribution in [0.1, 0.15) is 6.92 Å². The molecule has 8 N–H and O–H groups in total. The number of carbonyl (C=O) groups excluding carboxylic acids is 1. The molecule has 0 heterocycles. The molecule has 0 radical (unpaired) electrons. The molecule has 4 aromatic carbocycles. The lowest BCUT2D eigenvalue weighted by Crippen LogP contribution is -2.12. The third kappa shape index (κ3) is 15.5. The molecule has 4 aromatic rings. The van der Waals surface area contributed by atoms with E-state index in [2.05, 4.69) is 60.1 Å². The Morgan fingerprint density at radius 2 is 1.11 bits per heavy atom. The van der Waals surface area contributed by atoms with E-state index in [1.54, 1.807) is 0 Å². The van der Waals surface area contributed by atoms with Crippen LogP contribution in [0.25, 0.3) is 0 Å². The molecule has 0 aliphatic heterocycles. The van der Waals surface area contributed by atoms with Crippen LogP contribution < -0.4 is 16.4 Å². The minimum absolute atomic E-state index is 0.0741. The van der Waals surface area contributed by atoms with E-state index in [4.69, 9.17) is 24.6 Å². The Bertz CT molecular complexity index is 2910. The van der Waals surface area contributed by atoms with E-state index in [0.717, 1.165) is 31.2 Å². The molecular formula is C31H33N9O19S6. The Morgan fingerprint density at radius 3 is 1.66 bits per heavy atom. The lowest BCUT2D eigenvalue weighted by atomic mass is 10.2. The Balaban J connectivity index is 1.68. The number of carbonyl (C=O) groups is 1. The zero-order valence-electron chi connectivity index (χ0n) is 32.8. The molecule has 0 aliphatic carbocycles. The Hall–Kier alpha value is -5.15. The number of nitrogens with zero attached hydrogens (tertiary/aromatic N) is 6. The van der Waals surface area contributed by atoms with Crippen LogP contribution in [-0.4, -0.2) is 91.0 Å². The third-order valence-electron chi connectivity index (χ3n) is 7.73. The number of nitrogen functional groups attached to an aromatic ring is 1. The highest BCUT2D eigenvalue weighted by Crippen LogP contribution is 2.41. The normalized spacial score (nSPS) is 12.7. The lowest BCUT2D eigenvalue weighted by Gasteiger charge is -2.11. The van der Waals surface area contributed by atoms with Crippen LogP contribution in [0.5, 0.6) is 0 Å². The molecule has 0 aromatic heterocycles. The minimum Gasteiger partial charge on any atom is -0.397 e. The second-order valence-electron chi connectivity index (χ2n) is 12.1. The van der Waals surface area contributed by atoms with Gasteiger partial charge in [-0.1, -0.05) is 10.1 Å². The molecule has 0 spiro atoms. The van der Waals surface area contributed by atoms with Crippen molar-refractivity contribution in [1.29, 1.82) is 0 Å². The maximum atomic E-state index is 12.8. The highest BCUT2D eigenvalue weighted by atomic mass is 32.2. The first kappa shape index (κ1) is 52.5. The van der Waals surface area contributed by atoms with E-state index in [-0.39, 0.29) is 76.0 Å². The molecule has 28 nitrogen and oxygen atoms in total. The van der Waals surface area contributed by atoms with Crippen molar-refractivity contribution < 1.29 is 85.2 Å². The smallest absolute Gasteiger partial charge is 0.296 e. The Kier molecular flexibility index (Phi) is 18.8. The average Bonchev–Trinajstić information content (AvgIpc) is 3.23. The fourth-order valence-electron chi connectivity index (χ4n) is 4.86. The van der Waals surface area contributed by atoms with Gasteiger partial charge in [0.25, 0.3) is 20.2 Å². The van der Waals surface area contributed by atoms with E-state index < -0.39 is 90.0 Å². The van der Waals surface area contributed by atoms with Crippen molar-refractivity contribution in [2.45, 2.75) is 26.5 Å². The fraction of sp³-hybridized carbons (Fsp3) is 0.194. The summed E-state index contributed by atoms with van der Waals surface area (Å²) in [6.07, 6.45) is 0. The number of benzene rings is 4. The number of anilines is 3. The van der Waals surface area contributed by atoms with E-state index in [1.165, 1.54) is 43.4 Å². The SMILES string of the molecule is CNc1cc(N)c(/N=N/c2ccc(S(=O)(=O)CCOSOOO)cc2S(=O)(=O)O)cc1/N=N/c1cc(NC(C)=O)c(/N=N/c2ccc(S(=O)(=O)CCOSOOO)cc2)cc1S(=O)(=O)O. The molecule has 0 saturated carbocycles. The number of azo groups is 3. The first-order valence-electron chi connectivity index (χ1n) is 17.1.